The molecule has 0 saturated carbocycles. The van der Waals surface area contributed by atoms with Crippen molar-refractivity contribution in [2.75, 3.05) is 0 Å². The molecule has 0 aromatic rings. The van der Waals surface area contributed by atoms with E-state index in [1.165, 1.54) is 22.7 Å². The standard InChI is InChI=1S/CH2NOSTe/c2-1(4)3-5/h(H2,2,4). The Morgan fingerprint density at radius 2 is 2.20 bits per heavy atom. The summed E-state index contributed by atoms with van der Waals surface area (Å²) in [5, 5.41) is 0.0924. The molecule has 0 spiro atoms. The second kappa shape index (κ2) is 2.70. The van der Waals surface area contributed by atoms with Gasteiger partial charge in [0.15, 0.2) is 0 Å². The number of rotatable bonds is 0. The average molecular weight is 204 g/mol. The van der Waals surface area contributed by atoms with E-state index in [-0.39, 0.29) is 5.17 Å². The van der Waals surface area contributed by atoms with Gasteiger partial charge in [0, 0.05) is 0 Å². The van der Waals surface area contributed by atoms with Crippen LogP contribution in [0.1, 0.15) is 0 Å². The van der Waals surface area contributed by atoms with E-state index in [0.29, 0.717) is 0 Å². The first-order valence-corrected chi connectivity index (χ1v) is 2.22. The third-order valence-corrected chi connectivity index (χ3v) is 1.01. The van der Waals surface area contributed by atoms with Crippen LogP contribution in [0.15, 0.2) is 0 Å². The first-order valence-electron chi connectivity index (χ1n) is 0.864. The van der Waals surface area contributed by atoms with Gasteiger partial charge in [0.25, 0.3) is 0 Å². The van der Waals surface area contributed by atoms with Crippen molar-refractivity contribution in [3.05, 3.63) is 0 Å². The van der Waals surface area contributed by atoms with E-state index in [1.807, 2.05) is 0 Å². The van der Waals surface area contributed by atoms with Crippen LogP contribution in [-0.4, -0.2) is 27.9 Å². The Bertz CT molecular complexity index is 46.9. The Labute approximate surface area is 49.1 Å². The van der Waals surface area contributed by atoms with Gasteiger partial charge in [-0.05, 0) is 0 Å². The third kappa shape index (κ3) is 4.48. The Morgan fingerprint density at radius 1 is 2.00 bits per heavy atom. The molecular weight excluding hydrogens is 202 g/mol. The number of thiocarbonyl (C=S) groups is 1. The summed E-state index contributed by atoms with van der Waals surface area (Å²) >= 11 is 5.63. The maximum absolute atomic E-state index is 4.80. The number of hydrogen-bond donors (Lipinski definition) is 1. The summed E-state index contributed by atoms with van der Waals surface area (Å²) in [6.07, 6.45) is 0. The van der Waals surface area contributed by atoms with Crippen LogP contribution in [0, 0.1) is 0 Å². The molecule has 0 unspecified atom stereocenters. The Balaban J connectivity index is 2.85. The van der Waals surface area contributed by atoms with Crippen LogP contribution in [0.3, 0.4) is 0 Å². The first-order chi connectivity index (χ1) is 2.27. The molecule has 0 aliphatic heterocycles. The maximum atomic E-state index is 4.80. The molecule has 0 atom stereocenters. The van der Waals surface area contributed by atoms with Crippen molar-refractivity contribution in [2.45, 2.75) is 0 Å². The van der Waals surface area contributed by atoms with Crippen molar-refractivity contribution in [3.8, 4) is 0 Å². The van der Waals surface area contributed by atoms with Crippen LogP contribution in [0.5, 0.6) is 0 Å². The second-order valence-corrected chi connectivity index (χ2v) is 1.28. The van der Waals surface area contributed by atoms with Crippen LogP contribution in [0.4, 0.5) is 0 Å². The molecule has 0 amide bonds. The van der Waals surface area contributed by atoms with E-state index < -0.39 is 0 Å². The van der Waals surface area contributed by atoms with E-state index in [9.17, 15) is 0 Å². The molecule has 0 aromatic carbocycles. The SMILES string of the molecule is NC(=S)O[Te]. The molecule has 0 fully saturated rings. The summed E-state index contributed by atoms with van der Waals surface area (Å²) in [6, 6.07) is 0. The summed E-state index contributed by atoms with van der Waals surface area (Å²) in [5.41, 5.74) is 4.80. The summed E-state index contributed by atoms with van der Waals surface area (Å²) in [6.45, 7) is 0. The average Bonchev–Trinajstić information content (AvgIpc) is 1.38. The van der Waals surface area contributed by atoms with Crippen LogP contribution in [-0.2, 0) is 3.10 Å². The fraction of sp³-hybridized carbons (Fsp3) is 0. The van der Waals surface area contributed by atoms with Crippen LogP contribution in [0.2, 0.25) is 0 Å². The summed E-state index contributed by atoms with van der Waals surface area (Å²) < 4.78 is 4.27. The van der Waals surface area contributed by atoms with Crippen molar-refractivity contribution >= 4 is 40.1 Å². The Hall–Kier alpha value is 0.480. The quantitative estimate of drug-likeness (QED) is 0.419. The van der Waals surface area contributed by atoms with Gasteiger partial charge in [-0.15, -0.1) is 0 Å². The van der Waals surface area contributed by atoms with Gasteiger partial charge < -0.3 is 0 Å². The normalized spacial score (nSPS) is 6.60. The van der Waals surface area contributed by atoms with Crippen LogP contribution < -0.4 is 5.73 Å². The molecule has 4 heteroatoms. The van der Waals surface area contributed by atoms with E-state index in [2.05, 4.69) is 15.3 Å². The molecule has 0 aromatic heterocycles. The molecule has 5 heavy (non-hydrogen) atoms. The van der Waals surface area contributed by atoms with E-state index >= 15 is 0 Å². The molecule has 0 saturated heterocycles. The molecule has 0 rings (SSSR count). The van der Waals surface area contributed by atoms with Gasteiger partial charge in [0.05, 0.1) is 0 Å². The van der Waals surface area contributed by atoms with Gasteiger partial charge >= 0.3 is 48.9 Å². The van der Waals surface area contributed by atoms with Crippen molar-refractivity contribution in [1.29, 1.82) is 0 Å². The van der Waals surface area contributed by atoms with Gasteiger partial charge in [0.1, 0.15) is 0 Å². The molecule has 0 aliphatic carbocycles. The first kappa shape index (κ1) is 5.48. The predicted molar refractivity (Wildman–Crippen MR) is 23.6 cm³/mol. The van der Waals surface area contributed by atoms with Gasteiger partial charge in [-0.1, -0.05) is 0 Å². The van der Waals surface area contributed by atoms with Gasteiger partial charge in [0.2, 0.25) is 0 Å². The minimum absolute atomic E-state index is 0.0924. The van der Waals surface area contributed by atoms with Crippen molar-refractivity contribution < 1.29 is 3.10 Å². The molecule has 0 bridgehead atoms. The topological polar surface area (TPSA) is 35.2 Å². The second-order valence-electron chi connectivity index (χ2n) is 0.402. The van der Waals surface area contributed by atoms with Crippen LogP contribution >= 0.6 is 12.2 Å². The fourth-order valence-electron chi connectivity index (χ4n) is 0. The van der Waals surface area contributed by atoms with Crippen molar-refractivity contribution in [2.24, 2.45) is 5.73 Å². The summed E-state index contributed by atoms with van der Waals surface area (Å²) in [5.74, 6) is 0. The van der Waals surface area contributed by atoms with E-state index in [0.717, 1.165) is 0 Å². The number of nitrogens with two attached hydrogens (primary N) is 1. The Kier molecular flexibility index (Phi) is 2.96. The molecule has 2 nitrogen and oxygen atoms in total. The zero-order valence-electron chi connectivity index (χ0n) is 2.30. The minimum atomic E-state index is 0.0924. The third-order valence-electron chi connectivity index (χ3n) is 0.0821. The molecule has 29 valence electrons. The summed E-state index contributed by atoms with van der Waals surface area (Å²) in [7, 11) is 0. The monoisotopic (exact) mass is 206 g/mol. The molecule has 1 radical (unpaired) electrons. The summed E-state index contributed by atoms with van der Waals surface area (Å²) in [4.78, 5) is 0. The van der Waals surface area contributed by atoms with Gasteiger partial charge in [-0.3, -0.25) is 0 Å². The number of hydrogen-bond acceptors (Lipinski definition) is 2. The molecule has 2 N–H and O–H groups in total. The zero-order chi connectivity index (χ0) is 4.28. The van der Waals surface area contributed by atoms with Gasteiger partial charge in [-0.2, -0.15) is 0 Å². The zero-order valence-corrected chi connectivity index (χ0v) is 5.45. The van der Waals surface area contributed by atoms with Crippen molar-refractivity contribution in [3.63, 3.8) is 0 Å². The van der Waals surface area contributed by atoms with E-state index in [1.54, 1.807) is 0 Å². The molecular formula is CH2NOSTe. The molecule has 0 aliphatic rings. The van der Waals surface area contributed by atoms with Crippen LogP contribution in [0.25, 0.3) is 0 Å². The van der Waals surface area contributed by atoms with Gasteiger partial charge in [-0.25, -0.2) is 0 Å². The Morgan fingerprint density at radius 3 is 2.20 bits per heavy atom. The predicted octanol–water partition coefficient (Wildman–Crippen LogP) is -0.670. The van der Waals surface area contributed by atoms with E-state index in [4.69, 9.17) is 5.73 Å². The van der Waals surface area contributed by atoms with Crippen molar-refractivity contribution in [1.82, 2.24) is 0 Å². The fourth-order valence-corrected chi connectivity index (χ4v) is 0. The molecule has 0 heterocycles.